The molecule has 2 heteroatoms. The molecule has 3 aromatic carbocycles. The highest BCUT2D eigenvalue weighted by Crippen LogP contribution is 2.31. The molecule has 0 spiro atoms. The molecular weight excluding hydrogens is 418 g/mol. The molecule has 1 unspecified atom stereocenters. The summed E-state index contributed by atoms with van der Waals surface area (Å²) in [6.07, 6.45) is 3.64. The summed E-state index contributed by atoms with van der Waals surface area (Å²) >= 11 is 4.68. The van der Waals surface area contributed by atoms with Crippen molar-refractivity contribution in [2.75, 3.05) is 0 Å². The van der Waals surface area contributed by atoms with E-state index in [1.165, 1.54) is 47.1 Å². The predicted molar refractivity (Wildman–Crippen MR) is 141 cm³/mol. The second-order valence-corrected chi connectivity index (χ2v) is 9.14. The number of isothiocyanates is 1. The number of nitrogens with zero attached hydrogens (tertiary/aromatic N) is 1. The van der Waals surface area contributed by atoms with E-state index >= 15 is 0 Å². The molecule has 1 aliphatic carbocycles. The van der Waals surface area contributed by atoms with Crippen molar-refractivity contribution in [3.63, 3.8) is 0 Å². The zero-order chi connectivity index (χ0) is 23.4. The van der Waals surface area contributed by atoms with Crippen LogP contribution in [0.4, 0.5) is 5.69 Å². The minimum Gasteiger partial charge on any atom is -0.194 e. The first-order valence-corrected chi connectivity index (χ1v) is 11.8. The van der Waals surface area contributed by atoms with Crippen molar-refractivity contribution in [3.05, 3.63) is 98.6 Å². The summed E-state index contributed by atoms with van der Waals surface area (Å²) in [4.78, 5) is 4.05. The van der Waals surface area contributed by atoms with E-state index in [1.54, 1.807) is 0 Å². The summed E-state index contributed by atoms with van der Waals surface area (Å²) in [5.74, 6) is 14.0. The zero-order valence-corrected chi connectivity index (χ0v) is 20.5. The van der Waals surface area contributed by atoms with E-state index in [2.05, 4.69) is 72.9 Å². The van der Waals surface area contributed by atoms with Gasteiger partial charge < -0.3 is 0 Å². The third kappa shape index (κ3) is 5.32. The van der Waals surface area contributed by atoms with E-state index in [-0.39, 0.29) is 0 Å². The molecule has 1 aliphatic rings. The van der Waals surface area contributed by atoms with Crippen molar-refractivity contribution in [1.82, 2.24) is 0 Å². The molecule has 3 aromatic rings. The minimum atomic E-state index is 0.781. The second kappa shape index (κ2) is 10.0. The summed E-state index contributed by atoms with van der Waals surface area (Å²) in [5.41, 5.74) is 11.7. The fraction of sp³-hybridized carbons (Fsp3) is 0.258. The number of benzene rings is 3. The van der Waals surface area contributed by atoms with Gasteiger partial charge in [-0.15, -0.1) is 0 Å². The third-order valence-electron chi connectivity index (χ3n) is 6.39. The maximum Gasteiger partial charge on any atom is 0.0769 e. The average Bonchev–Trinajstić information content (AvgIpc) is 2.80. The quantitative estimate of drug-likeness (QED) is 0.218. The Labute approximate surface area is 203 Å². The number of aliphatic imine (C=N–C) groups is 1. The fourth-order valence-corrected chi connectivity index (χ4v) is 4.62. The van der Waals surface area contributed by atoms with Gasteiger partial charge in [0.25, 0.3) is 0 Å². The molecule has 33 heavy (non-hydrogen) atoms. The van der Waals surface area contributed by atoms with Crippen molar-refractivity contribution < 1.29 is 0 Å². The van der Waals surface area contributed by atoms with Crippen LogP contribution in [0.3, 0.4) is 0 Å². The Hall–Kier alpha value is -3.42. The van der Waals surface area contributed by atoms with Gasteiger partial charge >= 0.3 is 0 Å². The molecule has 1 atom stereocenters. The Morgan fingerprint density at radius 1 is 0.818 bits per heavy atom. The Balaban J connectivity index is 1.53. The van der Waals surface area contributed by atoms with Crippen LogP contribution in [0.2, 0.25) is 0 Å². The highest BCUT2D eigenvalue weighted by Gasteiger charge is 2.19. The van der Waals surface area contributed by atoms with Crippen molar-refractivity contribution in [3.8, 4) is 23.7 Å². The van der Waals surface area contributed by atoms with E-state index in [0.717, 1.165) is 33.9 Å². The first-order valence-electron chi connectivity index (χ1n) is 11.4. The first kappa shape index (κ1) is 22.8. The van der Waals surface area contributed by atoms with Gasteiger partial charge in [0, 0.05) is 22.3 Å². The van der Waals surface area contributed by atoms with Gasteiger partial charge in [-0.3, -0.25) is 0 Å². The van der Waals surface area contributed by atoms with Crippen LogP contribution in [-0.4, -0.2) is 5.16 Å². The van der Waals surface area contributed by atoms with Crippen LogP contribution < -0.4 is 0 Å². The van der Waals surface area contributed by atoms with Gasteiger partial charge in [-0.25, -0.2) is 0 Å². The molecule has 0 amide bonds. The lowest BCUT2D eigenvalue weighted by atomic mass is 9.80. The molecule has 0 heterocycles. The number of thiocarbonyl (C=S) groups is 1. The summed E-state index contributed by atoms with van der Waals surface area (Å²) in [6, 6.07) is 16.4. The molecule has 0 aliphatic heterocycles. The maximum atomic E-state index is 4.68. The normalized spacial score (nSPS) is 14.1. The Morgan fingerprint density at radius 2 is 1.45 bits per heavy atom. The number of rotatable bonds is 1. The molecule has 4 rings (SSSR count). The summed E-state index contributed by atoms with van der Waals surface area (Å²) < 4.78 is 0. The van der Waals surface area contributed by atoms with E-state index in [0.29, 0.717) is 0 Å². The van der Waals surface area contributed by atoms with Crippen LogP contribution in [0.5, 0.6) is 0 Å². The fourth-order valence-electron chi connectivity index (χ4n) is 4.52. The Bertz CT molecular complexity index is 1380. The highest BCUT2D eigenvalue weighted by molar-refractivity contribution is 7.78. The number of hydrogen-bond donors (Lipinski definition) is 0. The zero-order valence-electron chi connectivity index (χ0n) is 19.7. The van der Waals surface area contributed by atoms with E-state index in [4.69, 9.17) is 0 Å². The van der Waals surface area contributed by atoms with Crippen molar-refractivity contribution in [2.24, 2.45) is 10.9 Å². The molecule has 0 bridgehead atoms. The number of fused-ring (bicyclic) bond motifs is 1. The molecule has 0 saturated carbocycles. The largest absolute Gasteiger partial charge is 0.194 e. The lowest BCUT2D eigenvalue weighted by molar-refractivity contribution is 0.499. The van der Waals surface area contributed by atoms with E-state index in [9.17, 15) is 0 Å². The van der Waals surface area contributed by atoms with Crippen LogP contribution >= 0.6 is 12.2 Å². The van der Waals surface area contributed by atoms with Gasteiger partial charge in [0.05, 0.1) is 10.8 Å². The molecular formula is C31H27NS. The van der Waals surface area contributed by atoms with Crippen molar-refractivity contribution in [1.29, 1.82) is 0 Å². The number of hydrogen-bond acceptors (Lipinski definition) is 2. The lowest BCUT2D eigenvalue weighted by Gasteiger charge is -2.25. The summed E-state index contributed by atoms with van der Waals surface area (Å²) in [6.45, 7) is 8.77. The predicted octanol–water partition coefficient (Wildman–Crippen LogP) is 7.27. The van der Waals surface area contributed by atoms with Gasteiger partial charge in [0.2, 0.25) is 0 Å². The maximum absolute atomic E-state index is 4.68. The van der Waals surface area contributed by atoms with E-state index in [1.807, 2.05) is 49.4 Å². The summed E-state index contributed by atoms with van der Waals surface area (Å²) in [5, 5.41) is 2.41. The van der Waals surface area contributed by atoms with Crippen LogP contribution in [-0.2, 0) is 12.8 Å². The molecule has 0 radical (unpaired) electrons. The standard InChI is InChI=1S/C31H27NS/c1-21-5-14-30-24(4)29(22(2)19-28(30)17-21)15-12-26-8-6-25(7-9-26)10-11-27-13-16-31(32-20-33)23(3)18-27/h6-9,13,16,18-19,21H,5,14,17H2,1-4H3. The molecule has 0 N–H and O–H groups in total. The van der Waals surface area contributed by atoms with Crippen LogP contribution in [0.15, 0.2) is 53.5 Å². The van der Waals surface area contributed by atoms with Gasteiger partial charge in [-0.05, 0) is 128 Å². The Morgan fingerprint density at radius 3 is 2.12 bits per heavy atom. The molecule has 0 saturated heterocycles. The van der Waals surface area contributed by atoms with Crippen molar-refractivity contribution >= 4 is 23.1 Å². The van der Waals surface area contributed by atoms with Crippen LogP contribution in [0, 0.1) is 50.4 Å². The number of aryl methyl sites for hydroxylation is 2. The second-order valence-electron chi connectivity index (χ2n) is 8.96. The van der Waals surface area contributed by atoms with E-state index < -0.39 is 0 Å². The van der Waals surface area contributed by atoms with Crippen LogP contribution in [0.1, 0.15) is 63.4 Å². The van der Waals surface area contributed by atoms with Gasteiger partial charge in [0.1, 0.15) is 0 Å². The van der Waals surface area contributed by atoms with Crippen LogP contribution in [0.25, 0.3) is 0 Å². The lowest BCUT2D eigenvalue weighted by Crippen LogP contribution is -2.14. The SMILES string of the molecule is Cc1cc(C#Cc2ccc(C#Cc3c(C)cc4c(c3C)CCC(C)C4)cc2)ccc1N=C=S. The third-order valence-corrected chi connectivity index (χ3v) is 6.48. The topological polar surface area (TPSA) is 12.4 Å². The molecule has 0 aromatic heterocycles. The van der Waals surface area contributed by atoms with Gasteiger partial charge in [-0.1, -0.05) is 36.7 Å². The average molecular weight is 446 g/mol. The monoisotopic (exact) mass is 445 g/mol. The first-order chi connectivity index (χ1) is 15.9. The van der Waals surface area contributed by atoms with Gasteiger partial charge in [0.15, 0.2) is 0 Å². The van der Waals surface area contributed by atoms with Crippen molar-refractivity contribution in [2.45, 2.75) is 47.0 Å². The smallest absolute Gasteiger partial charge is 0.0769 e. The molecule has 0 fully saturated rings. The van der Waals surface area contributed by atoms with Gasteiger partial charge in [-0.2, -0.15) is 4.99 Å². The Kier molecular flexibility index (Phi) is 6.91. The minimum absolute atomic E-state index is 0.781. The highest BCUT2D eigenvalue weighted by atomic mass is 32.1. The molecule has 1 nitrogen and oxygen atoms in total. The molecule has 162 valence electrons. The summed E-state index contributed by atoms with van der Waals surface area (Å²) in [7, 11) is 0.